The first-order chi connectivity index (χ1) is 26.2. The number of hydrogen-bond acceptors (Lipinski definition) is 16. The minimum absolute atomic E-state index is 0.191. The number of carbonyl (C=O) groups excluding carboxylic acids is 8. The average molecular weight is 810 g/mol. The van der Waals surface area contributed by atoms with Gasteiger partial charge in [-0.25, -0.2) is 9.59 Å². The molecule has 318 valence electrons. The molecule has 0 bridgehead atoms. The fraction of sp³-hybridized carbons (Fsp3) is 0.632. The Hall–Kier alpha value is -5.30. The molecule has 1 saturated heterocycles. The summed E-state index contributed by atoms with van der Waals surface area (Å²) in [6.45, 7) is 15.4. The van der Waals surface area contributed by atoms with E-state index in [4.69, 9.17) is 37.9 Å². The van der Waals surface area contributed by atoms with Crippen LogP contribution in [-0.2, 0) is 78.1 Å². The van der Waals surface area contributed by atoms with Crippen molar-refractivity contribution in [2.75, 3.05) is 6.61 Å². The molecule has 7 atom stereocenters. The molecule has 0 unspecified atom stereocenters. The Morgan fingerprint density at radius 1 is 0.702 bits per heavy atom. The maximum Gasteiger partial charge on any atom is 0.408 e. The second-order valence-corrected chi connectivity index (χ2v) is 15.3. The average Bonchev–Trinajstić information content (AvgIpc) is 3.06. The van der Waals surface area contributed by atoms with Gasteiger partial charge in [0.05, 0.1) is 6.10 Å². The highest BCUT2D eigenvalue weighted by atomic mass is 16.7. The van der Waals surface area contributed by atoms with Crippen molar-refractivity contribution in [3.63, 3.8) is 0 Å². The molecule has 19 heteroatoms. The first-order valence-corrected chi connectivity index (χ1v) is 18.0. The molecule has 1 heterocycles. The highest BCUT2D eigenvalue weighted by Crippen LogP contribution is 2.31. The van der Waals surface area contributed by atoms with Gasteiger partial charge in [0.25, 0.3) is 0 Å². The number of benzene rings is 1. The first kappa shape index (κ1) is 47.9. The van der Waals surface area contributed by atoms with E-state index in [0.29, 0.717) is 5.56 Å². The van der Waals surface area contributed by atoms with Crippen molar-refractivity contribution in [1.82, 2.24) is 16.0 Å². The summed E-state index contributed by atoms with van der Waals surface area (Å²) in [6, 6.07) is 6.94. The summed E-state index contributed by atoms with van der Waals surface area (Å²) in [6.07, 6.45) is -10.4. The monoisotopic (exact) mass is 809 g/mol. The quantitative estimate of drug-likeness (QED) is 0.159. The molecule has 3 amide bonds. The van der Waals surface area contributed by atoms with Crippen LogP contribution in [0.1, 0.15) is 88.6 Å². The molecule has 3 N–H and O–H groups in total. The Bertz CT molecular complexity index is 1620. The van der Waals surface area contributed by atoms with Crippen molar-refractivity contribution in [2.24, 2.45) is 0 Å². The molecule has 0 radical (unpaired) electrons. The second kappa shape index (κ2) is 20.2. The number of rotatable bonds is 16. The molecule has 1 aromatic carbocycles. The van der Waals surface area contributed by atoms with E-state index >= 15 is 0 Å². The van der Waals surface area contributed by atoms with Crippen molar-refractivity contribution >= 4 is 47.8 Å². The van der Waals surface area contributed by atoms with Crippen LogP contribution in [-0.4, -0.2) is 114 Å². The number of carbonyl (C=O) groups is 8. The maximum absolute atomic E-state index is 14.1. The fourth-order valence-electron chi connectivity index (χ4n) is 5.22. The van der Waals surface area contributed by atoms with Crippen LogP contribution in [0.5, 0.6) is 0 Å². The van der Waals surface area contributed by atoms with Gasteiger partial charge in [-0.15, -0.1) is 0 Å². The minimum atomic E-state index is -1.74. The van der Waals surface area contributed by atoms with Crippen molar-refractivity contribution in [3.8, 4) is 0 Å². The zero-order chi connectivity index (χ0) is 43.5. The van der Waals surface area contributed by atoms with Crippen molar-refractivity contribution < 1.29 is 76.3 Å². The van der Waals surface area contributed by atoms with Crippen molar-refractivity contribution in [3.05, 3.63) is 35.9 Å². The molecular formula is C38H55N3O16. The molecule has 19 nitrogen and oxygen atoms in total. The molecule has 0 aliphatic carbocycles. The number of nitrogens with one attached hydrogen (secondary N) is 3. The molecule has 1 fully saturated rings. The molecule has 1 aliphatic rings. The van der Waals surface area contributed by atoms with Crippen LogP contribution < -0.4 is 16.0 Å². The lowest BCUT2D eigenvalue weighted by Crippen LogP contribution is -2.66. The number of alkyl carbamates (subject to hydrolysis) is 1. The fourth-order valence-corrected chi connectivity index (χ4v) is 5.22. The van der Waals surface area contributed by atoms with E-state index in [0.717, 1.165) is 27.7 Å². The van der Waals surface area contributed by atoms with E-state index in [1.165, 1.54) is 34.6 Å². The zero-order valence-electron chi connectivity index (χ0n) is 34.4. The van der Waals surface area contributed by atoms with Gasteiger partial charge in [0.2, 0.25) is 11.8 Å². The van der Waals surface area contributed by atoms with Crippen LogP contribution in [0.15, 0.2) is 30.3 Å². The van der Waals surface area contributed by atoms with Gasteiger partial charge >= 0.3 is 35.9 Å². The van der Waals surface area contributed by atoms with E-state index in [9.17, 15) is 38.4 Å². The van der Waals surface area contributed by atoms with Gasteiger partial charge in [0.1, 0.15) is 42.0 Å². The van der Waals surface area contributed by atoms with E-state index < -0.39 is 114 Å². The third-order valence-electron chi connectivity index (χ3n) is 7.87. The third kappa shape index (κ3) is 15.6. The topological polar surface area (TPSA) is 246 Å². The van der Waals surface area contributed by atoms with E-state index in [1.54, 1.807) is 51.1 Å². The Kier molecular flexibility index (Phi) is 17.0. The van der Waals surface area contributed by atoms with E-state index in [1.807, 2.05) is 0 Å². The molecule has 1 aromatic rings. The Balaban J connectivity index is 2.52. The van der Waals surface area contributed by atoms with E-state index in [-0.39, 0.29) is 6.61 Å². The van der Waals surface area contributed by atoms with Gasteiger partial charge in [0, 0.05) is 27.7 Å². The summed E-state index contributed by atoms with van der Waals surface area (Å²) in [5, 5.41) is 7.54. The van der Waals surface area contributed by atoms with Crippen molar-refractivity contribution in [2.45, 2.75) is 149 Å². The van der Waals surface area contributed by atoms with E-state index in [2.05, 4.69) is 16.0 Å². The standard InChI is InChI=1S/C38H55N3O16/c1-20(52-32-30(55-24(5)45)29(54-23(4)44)28(53-22(3)43)26(56-32)19-50-21(2)42)27(39-35(49)51-18-25-16-14-13-15-17-25)31(46)40-37(9,10)33(47)41-38(11,12)34(48)57-36(6,7)8/h13-17,20,26-30,32H,18-19H2,1-12H3,(H,39,49)(H,40,46)(H,41,47)/t20-,26-,27+,28+,29+,30-,32-/m1/s1. The lowest BCUT2D eigenvalue weighted by Gasteiger charge is -2.45. The summed E-state index contributed by atoms with van der Waals surface area (Å²) in [5.74, 6) is -5.90. The van der Waals surface area contributed by atoms with Crippen LogP contribution in [0, 0.1) is 0 Å². The van der Waals surface area contributed by atoms with Crippen LogP contribution >= 0.6 is 0 Å². The number of esters is 5. The van der Waals surface area contributed by atoms with Gasteiger partial charge in [0.15, 0.2) is 24.6 Å². The molecule has 1 aliphatic heterocycles. The molecular weight excluding hydrogens is 754 g/mol. The normalized spacial score (nSPS) is 20.7. The Morgan fingerprint density at radius 3 is 1.77 bits per heavy atom. The summed E-state index contributed by atoms with van der Waals surface area (Å²) in [5.41, 5.74) is -3.50. The van der Waals surface area contributed by atoms with Gasteiger partial charge < -0.3 is 53.8 Å². The first-order valence-electron chi connectivity index (χ1n) is 18.0. The summed E-state index contributed by atoms with van der Waals surface area (Å²) >= 11 is 0. The second-order valence-electron chi connectivity index (χ2n) is 15.3. The van der Waals surface area contributed by atoms with Crippen LogP contribution in [0.4, 0.5) is 4.79 Å². The van der Waals surface area contributed by atoms with Crippen LogP contribution in [0.2, 0.25) is 0 Å². The summed E-state index contributed by atoms with van der Waals surface area (Å²) in [4.78, 5) is 102. The zero-order valence-corrected chi connectivity index (χ0v) is 34.4. The molecule has 0 spiro atoms. The maximum atomic E-state index is 14.1. The number of hydrogen-bond donors (Lipinski definition) is 3. The highest BCUT2D eigenvalue weighted by molar-refractivity contribution is 5.96. The van der Waals surface area contributed by atoms with Crippen LogP contribution in [0.25, 0.3) is 0 Å². The van der Waals surface area contributed by atoms with Crippen molar-refractivity contribution in [1.29, 1.82) is 0 Å². The predicted molar refractivity (Wildman–Crippen MR) is 196 cm³/mol. The molecule has 0 saturated carbocycles. The van der Waals surface area contributed by atoms with Gasteiger partial charge in [-0.3, -0.25) is 28.8 Å². The lowest BCUT2D eigenvalue weighted by atomic mass is 9.97. The molecule has 0 aromatic heterocycles. The number of ether oxygens (including phenoxy) is 8. The largest absolute Gasteiger partial charge is 0.463 e. The van der Waals surface area contributed by atoms with Gasteiger partial charge in [-0.2, -0.15) is 0 Å². The van der Waals surface area contributed by atoms with Crippen LogP contribution in [0.3, 0.4) is 0 Å². The molecule has 2 rings (SSSR count). The van der Waals surface area contributed by atoms with Gasteiger partial charge in [-0.05, 0) is 61.0 Å². The molecule has 57 heavy (non-hydrogen) atoms. The smallest absolute Gasteiger partial charge is 0.408 e. The lowest BCUT2D eigenvalue weighted by molar-refractivity contribution is -0.316. The summed E-state index contributed by atoms with van der Waals surface area (Å²) < 4.78 is 44.3. The van der Waals surface area contributed by atoms with Gasteiger partial charge in [-0.1, -0.05) is 30.3 Å². The predicted octanol–water partition coefficient (Wildman–Crippen LogP) is 1.90. The third-order valence-corrected chi connectivity index (χ3v) is 7.87. The minimum Gasteiger partial charge on any atom is -0.463 e. The SMILES string of the molecule is CC(=O)OC[C@H]1O[C@@H](O[C@H](C)[C@H](NC(=O)OCc2ccccc2)C(=O)NC(C)(C)C(=O)NC(C)(C)C(=O)OC(C)(C)C)[C@H](OC(C)=O)[C@@H](OC(C)=O)[C@H]1OC(C)=O. The Morgan fingerprint density at radius 2 is 1.25 bits per heavy atom. The summed E-state index contributed by atoms with van der Waals surface area (Å²) in [7, 11) is 0. The Labute approximate surface area is 331 Å². The number of amides is 3. The highest BCUT2D eigenvalue weighted by Gasteiger charge is 2.54.